The van der Waals surface area contributed by atoms with Gasteiger partial charge in [0.25, 0.3) is 0 Å². The van der Waals surface area contributed by atoms with Crippen molar-refractivity contribution in [1.82, 2.24) is 14.3 Å². The van der Waals surface area contributed by atoms with Gasteiger partial charge in [-0.2, -0.15) is 4.31 Å². The summed E-state index contributed by atoms with van der Waals surface area (Å²) < 4.78 is 31.7. The molecule has 1 atom stereocenters. The van der Waals surface area contributed by atoms with Crippen LogP contribution in [0.25, 0.3) is 0 Å². The third-order valence-electron chi connectivity index (χ3n) is 4.67. The van der Waals surface area contributed by atoms with Gasteiger partial charge in [-0.25, -0.2) is 18.4 Å². The van der Waals surface area contributed by atoms with Crippen LogP contribution in [0.3, 0.4) is 0 Å². The lowest BCUT2D eigenvalue weighted by atomic mass is 10.2. The number of aromatic nitrogens is 2. The minimum absolute atomic E-state index is 0.241. The molecule has 1 N–H and O–H groups in total. The molecule has 1 saturated heterocycles. The number of hydrogen-bond acceptors (Lipinski definition) is 7. The van der Waals surface area contributed by atoms with E-state index in [-0.39, 0.29) is 18.5 Å². The summed E-state index contributed by atoms with van der Waals surface area (Å²) in [5.41, 5.74) is 1.94. The van der Waals surface area contributed by atoms with Crippen molar-refractivity contribution in [1.29, 1.82) is 0 Å². The second-order valence-corrected chi connectivity index (χ2v) is 8.42. The second-order valence-electron chi connectivity index (χ2n) is 6.55. The van der Waals surface area contributed by atoms with Gasteiger partial charge >= 0.3 is 0 Å². The van der Waals surface area contributed by atoms with Crippen molar-refractivity contribution < 1.29 is 13.2 Å². The number of nitrogens with zero attached hydrogens (tertiary/aromatic N) is 4. The highest BCUT2D eigenvalue weighted by Crippen LogP contribution is 2.31. The molecule has 2 aliphatic rings. The molecule has 0 aliphatic carbocycles. The van der Waals surface area contributed by atoms with Gasteiger partial charge in [0.15, 0.2) is 5.94 Å². The van der Waals surface area contributed by atoms with Gasteiger partial charge in [-0.3, -0.25) is 0 Å². The van der Waals surface area contributed by atoms with E-state index in [0.29, 0.717) is 25.5 Å². The predicted octanol–water partition coefficient (Wildman–Crippen LogP) is 1.03. The smallest absolute Gasteiger partial charge is 0.239 e. The number of rotatable bonds is 3. The molecule has 2 aliphatic heterocycles. The van der Waals surface area contributed by atoms with Crippen molar-refractivity contribution in [2.75, 3.05) is 36.4 Å². The van der Waals surface area contributed by atoms with Crippen LogP contribution in [-0.4, -0.2) is 54.9 Å². The van der Waals surface area contributed by atoms with Gasteiger partial charge in [-0.15, -0.1) is 0 Å². The van der Waals surface area contributed by atoms with Crippen LogP contribution in [0.2, 0.25) is 0 Å². The zero-order chi connectivity index (χ0) is 18.1. The average molecular weight is 375 g/mol. The van der Waals surface area contributed by atoms with Crippen molar-refractivity contribution in [3.05, 3.63) is 47.8 Å². The van der Waals surface area contributed by atoms with E-state index in [0.717, 1.165) is 16.9 Å². The molecule has 1 aromatic heterocycles. The molecule has 1 aromatic carbocycles. The Morgan fingerprint density at radius 2 is 2.12 bits per heavy atom. The number of anilines is 2. The van der Waals surface area contributed by atoms with E-state index in [1.54, 1.807) is 0 Å². The Hall–Kier alpha value is -2.23. The molecule has 138 valence electrons. The first-order valence-corrected chi connectivity index (χ1v) is 10.1. The number of nitrogens with one attached hydrogen (secondary N) is 1. The monoisotopic (exact) mass is 375 g/mol. The molecule has 26 heavy (non-hydrogen) atoms. The molecule has 2 aromatic rings. The van der Waals surface area contributed by atoms with Crippen LogP contribution in [0.15, 0.2) is 36.7 Å². The van der Waals surface area contributed by atoms with E-state index in [9.17, 15) is 8.42 Å². The van der Waals surface area contributed by atoms with Crippen LogP contribution in [0.1, 0.15) is 11.1 Å². The van der Waals surface area contributed by atoms with Crippen LogP contribution in [-0.2, 0) is 27.8 Å². The summed E-state index contributed by atoms with van der Waals surface area (Å²) in [5, 5.41) is 3.26. The fourth-order valence-corrected chi connectivity index (χ4v) is 4.75. The molecule has 0 radical (unpaired) electrons. The predicted molar refractivity (Wildman–Crippen MR) is 98.1 cm³/mol. The maximum atomic E-state index is 12.5. The topological polar surface area (TPSA) is 87.7 Å². The number of sulfonamides is 1. The maximum absolute atomic E-state index is 12.5. The lowest BCUT2D eigenvalue weighted by Crippen LogP contribution is -2.50. The second kappa shape index (κ2) is 6.82. The highest BCUT2D eigenvalue weighted by molar-refractivity contribution is 7.88. The zero-order valence-electron chi connectivity index (χ0n) is 14.5. The summed E-state index contributed by atoms with van der Waals surface area (Å²) >= 11 is 0. The molecule has 0 unspecified atom stereocenters. The highest BCUT2D eigenvalue weighted by Gasteiger charge is 2.38. The summed E-state index contributed by atoms with van der Waals surface area (Å²) in [6, 6.07) is 9.84. The number of fused-ring (bicyclic) bond motifs is 2. The van der Waals surface area contributed by atoms with Crippen molar-refractivity contribution in [2.45, 2.75) is 19.1 Å². The van der Waals surface area contributed by atoms with Crippen LogP contribution < -0.4 is 10.2 Å². The van der Waals surface area contributed by atoms with Crippen LogP contribution >= 0.6 is 0 Å². The van der Waals surface area contributed by atoms with Crippen LogP contribution in [0, 0.1) is 0 Å². The Labute approximate surface area is 152 Å². The van der Waals surface area contributed by atoms with Gasteiger partial charge < -0.3 is 15.0 Å². The Balaban J connectivity index is 1.67. The van der Waals surface area contributed by atoms with Gasteiger partial charge in [0.2, 0.25) is 10.0 Å². The van der Waals surface area contributed by atoms with E-state index in [2.05, 4.69) is 27.4 Å². The molecule has 1 fully saturated rings. The van der Waals surface area contributed by atoms with Crippen molar-refractivity contribution in [3.63, 3.8) is 0 Å². The van der Waals surface area contributed by atoms with E-state index >= 15 is 0 Å². The summed E-state index contributed by atoms with van der Waals surface area (Å²) in [4.78, 5) is 10.8. The lowest BCUT2D eigenvalue weighted by molar-refractivity contribution is 0.0920. The molecule has 0 bridgehead atoms. The van der Waals surface area contributed by atoms with Crippen molar-refractivity contribution >= 4 is 21.7 Å². The lowest BCUT2D eigenvalue weighted by Gasteiger charge is -2.33. The van der Waals surface area contributed by atoms with Crippen molar-refractivity contribution in [2.24, 2.45) is 0 Å². The van der Waals surface area contributed by atoms with E-state index in [1.807, 2.05) is 30.1 Å². The molecule has 4 rings (SSSR count). The van der Waals surface area contributed by atoms with Gasteiger partial charge in [0.1, 0.15) is 18.0 Å². The van der Waals surface area contributed by atoms with Crippen LogP contribution in [0.5, 0.6) is 0 Å². The summed E-state index contributed by atoms with van der Waals surface area (Å²) in [6.07, 6.45) is 1.51. The van der Waals surface area contributed by atoms with E-state index < -0.39 is 10.0 Å². The molecule has 0 spiro atoms. The van der Waals surface area contributed by atoms with E-state index in [1.165, 1.54) is 10.6 Å². The molecule has 8 nitrogen and oxygen atoms in total. The Morgan fingerprint density at radius 1 is 1.31 bits per heavy atom. The highest BCUT2D eigenvalue weighted by atomic mass is 32.2. The molecule has 0 saturated carbocycles. The molecule has 9 heteroatoms. The van der Waals surface area contributed by atoms with E-state index in [4.69, 9.17) is 4.74 Å². The van der Waals surface area contributed by atoms with Crippen molar-refractivity contribution in [3.8, 4) is 0 Å². The molecular formula is C17H21N5O3S. The maximum Gasteiger partial charge on any atom is 0.239 e. The fraction of sp³-hybridized carbons (Fsp3) is 0.412. The normalized spacial score (nSPS) is 21.8. The third-order valence-corrected chi connectivity index (χ3v) is 6.28. The Kier molecular flexibility index (Phi) is 4.51. The SMILES string of the molecule is CN(Cc1ccccc1)c1ncnc2c1CN1[C@@H](CN2)COCS1(=O)=O. The number of hydrogen-bond donors (Lipinski definition) is 1. The molecule has 3 heterocycles. The van der Waals surface area contributed by atoms with Gasteiger partial charge in [-0.05, 0) is 5.56 Å². The summed E-state index contributed by atoms with van der Waals surface area (Å²) in [7, 11) is -1.50. The first kappa shape index (κ1) is 17.2. The number of benzene rings is 1. The zero-order valence-corrected chi connectivity index (χ0v) is 15.3. The minimum Gasteiger partial charge on any atom is -0.368 e. The molecular weight excluding hydrogens is 354 g/mol. The van der Waals surface area contributed by atoms with Gasteiger partial charge in [-0.1, -0.05) is 30.3 Å². The quantitative estimate of drug-likeness (QED) is 0.857. The first-order chi connectivity index (χ1) is 12.5. The Bertz CT molecular complexity index is 891. The van der Waals surface area contributed by atoms with Crippen LogP contribution in [0.4, 0.5) is 11.6 Å². The standard InChI is InChI=1S/C17H21N5O3S/c1-21(8-13-5-3-2-4-6-13)17-15-9-22-14(10-25-12-26(22,23)24)7-18-16(15)19-11-20-17/h2-6,11,14H,7-10,12H2,1H3,(H,18,19,20)/t14-/m0/s1. The summed E-state index contributed by atoms with van der Waals surface area (Å²) in [6.45, 7) is 1.76. The third kappa shape index (κ3) is 3.25. The van der Waals surface area contributed by atoms with Gasteiger partial charge in [0.05, 0.1) is 18.2 Å². The minimum atomic E-state index is -3.45. The largest absolute Gasteiger partial charge is 0.368 e. The summed E-state index contributed by atoms with van der Waals surface area (Å²) in [5.74, 6) is 1.13. The number of ether oxygens (including phenoxy) is 1. The molecule has 0 amide bonds. The van der Waals surface area contributed by atoms with Gasteiger partial charge in [0, 0.05) is 26.7 Å². The fourth-order valence-electron chi connectivity index (χ4n) is 3.39. The Morgan fingerprint density at radius 3 is 2.92 bits per heavy atom. The average Bonchev–Trinajstić information content (AvgIpc) is 2.83. The first-order valence-electron chi connectivity index (χ1n) is 8.44.